The van der Waals surface area contributed by atoms with Crippen LogP contribution in [0.3, 0.4) is 0 Å². The van der Waals surface area contributed by atoms with Crippen molar-refractivity contribution in [1.82, 2.24) is 9.55 Å². The molecule has 142 valence electrons. The number of ether oxygens (including phenoxy) is 1. The molecule has 0 aliphatic carbocycles. The Kier molecular flexibility index (Phi) is 6.06. The molecule has 2 heterocycles. The van der Waals surface area contributed by atoms with Crippen molar-refractivity contribution in [3.8, 4) is 0 Å². The van der Waals surface area contributed by atoms with E-state index in [4.69, 9.17) is 4.74 Å². The van der Waals surface area contributed by atoms with Gasteiger partial charge in [0.15, 0.2) is 0 Å². The number of thiophene rings is 1. The fourth-order valence-electron chi connectivity index (χ4n) is 2.82. The first-order chi connectivity index (χ1) is 13.0. The molecule has 27 heavy (non-hydrogen) atoms. The first-order valence-corrected chi connectivity index (χ1v) is 10.1. The highest BCUT2D eigenvalue weighted by atomic mass is 32.1. The minimum absolute atomic E-state index is 0.211. The predicted octanol–water partition coefficient (Wildman–Crippen LogP) is 4.59. The van der Waals surface area contributed by atoms with Crippen LogP contribution in [-0.4, -0.2) is 22.1 Å². The lowest BCUT2D eigenvalue weighted by molar-refractivity contribution is 0.0502. The van der Waals surface area contributed by atoms with E-state index < -0.39 is 5.97 Å². The van der Waals surface area contributed by atoms with Crippen molar-refractivity contribution in [2.75, 3.05) is 6.61 Å². The van der Waals surface area contributed by atoms with Gasteiger partial charge in [0.25, 0.3) is 5.56 Å². The SMILES string of the molecule is CCCCOC(=O)c1csc2ncn(Cc3ccc(C(C)C)cc3)c(=O)c12. The lowest BCUT2D eigenvalue weighted by atomic mass is 10.0. The average molecular weight is 385 g/mol. The Morgan fingerprint density at radius 1 is 1.26 bits per heavy atom. The van der Waals surface area contributed by atoms with E-state index in [1.54, 1.807) is 16.3 Å². The Bertz CT molecular complexity index is 987. The number of hydrogen-bond acceptors (Lipinski definition) is 5. The van der Waals surface area contributed by atoms with E-state index in [1.807, 2.05) is 19.1 Å². The normalized spacial score (nSPS) is 11.3. The molecule has 0 fully saturated rings. The van der Waals surface area contributed by atoms with Gasteiger partial charge in [0.05, 0.1) is 30.4 Å². The fraction of sp³-hybridized carbons (Fsp3) is 0.381. The molecular formula is C21H24N2O3S. The van der Waals surface area contributed by atoms with Crippen LogP contribution in [0.5, 0.6) is 0 Å². The number of hydrogen-bond donors (Lipinski definition) is 0. The fourth-order valence-corrected chi connectivity index (χ4v) is 3.69. The topological polar surface area (TPSA) is 61.2 Å². The summed E-state index contributed by atoms with van der Waals surface area (Å²) in [7, 11) is 0. The maximum atomic E-state index is 12.9. The van der Waals surface area contributed by atoms with Crippen molar-refractivity contribution in [2.45, 2.75) is 46.1 Å². The van der Waals surface area contributed by atoms with Crippen LogP contribution >= 0.6 is 11.3 Å². The molecular weight excluding hydrogens is 360 g/mol. The van der Waals surface area contributed by atoms with Gasteiger partial charge < -0.3 is 4.74 Å². The summed E-state index contributed by atoms with van der Waals surface area (Å²) in [6.45, 7) is 7.11. The number of rotatable bonds is 7. The quantitative estimate of drug-likeness (QED) is 0.442. The maximum Gasteiger partial charge on any atom is 0.339 e. The molecule has 5 nitrogen and oxygen atoms in total. The standard InChI is InChI=1S/C21H24N2O3S/c1-4-5-10-26-21(25)17-12-27-19-18(17)20(24)23(13-22-19)11-15-6-8-16(9-7-15)14(2)3/h6-9,12-14H,4-5,10-11H2,1-3H3. The van der Waals surface area contributed by atoms with Gasteiger partial charge in [-0.25, -0.2) is 9.78 Å². The van der Waals surface area contributed by atoms with E-state index in [0.29, 0.717) is 34.8 Å². The highest BCUT2D eigenvalue weighted by Gasteiger charge is 2.18. The van der Waals surface area contributed by atoms with Crippen LogP contribution in [0.1, 0.15) is 61.0 Å². The summed E-state index contributed by atoms with van der Waals surface area (Å²) in [5.74, 6) is 0.0134. The molecule has 0 spiro atoms. The summed E-state index contributed by atoms with van der Waals surface area (Å²) in [5, 5.41) is 2.01. The minimum atomic E-state index is -0.451. The third-order valence-corrected chi connectivity index (χ3v) is 5.40. The largest absolute Gasteiger partial charge is 0.462 e. The number of fused-ring (bicyclic) bond motifs is 1. The van der Waals surface area contributed by atoms with Crippen molar-refractivity contribution < 1.29 is 9.53 Å². The van der Waals surface area contributed by atoms with Gasteiger partial charge in [0, 0.05) is 5.38 Å². The lowest BCUT2D eigenvalue weighted by Gasteiger charge is -2.09. The van der Waals surface area contributed by atoms with E-state index in [1.165, 1.54) is 16.9 Å². The number of nitrogens with zero attached hydrogens (tertiary/aromatic N) is 2. The van der Waals surface area contributed by atoms with Crippen LogP contribution in [0.2, 0.25) is 0 Å². The highest BCUT2D eigenvalue weighted by Crippen LogP contribution is 2.22. The summed E-state index contributed by atoms with van der Waals surface area (Å²) in [5.41, 5.74) is 2.38. The summed E-state index contributed by atoms with van der Waals surface area (Å²) in [6, 6.07) is 8.22. The third-order valence-electron chi connectivity index (χ3n) is 4.51. The maximum absolute atomic E-state index is 12.9. The molecule has 0 unspecified atom stereocenters. The third kappa shape index (κ3) is 4.27. The monoisotopic (exact) mass is 384 g/mol. The molecule has 0 aliphatic rings. The van der Waals surface area contributed by atoms with Crippen LogP contribution < -0.4 is 5.56 Å². The molecule has 0 aliphatic heterocycles. The molecule has 3 aromatic rings. The van der Waals surface area contributed by atoms with E-state index in [9.17, 15) is 9.59 Å². The second-order valence-electron chi connectivity index (χ2n) is 6.89. The Morgan fingerprint density at radius 3 is 2.67 bits per heavy atom. The molecule has 6 heteroatoms. The molecule has 1 aromatic carbocycles. The predicted molar refractivity (Wildman–Crippen MR) is 109 cm³/mol. The van der Waals surface area contributed by atoms with E-state index >= 15 is 0 Å². The zero-order valence-corrected chi connectivity index (χ0v) is 16.7. The Hall–Kier alpha value is -2.47. The first kappa shape index (κ1) is 19.3. The Labute approximate surface area is 162 Å². The van der Waals surface area contributed by atoms with Gasteiger partial charge in [-0.15, -0.1) is 11.3 Å². The smallest absolute Gasteiger partial charge is 0.339 e. The Morgan fingerprint density at radius 2 is 2.00 bits per heavy atom. The van der Waals surface area contributed by atoms with Crippen molar-refractivity contribution >= 4 is 27.5 Å². The Balaban J connectivity index is 1.89. The van der Waals surface area contributed by atoms with Gasteiger partial charge in [0.1, 0.15) is 4.83 Å². The second kappa shape index (κ2) is 8.48. The first-order valence-electron chi connectivity index (χ1n) is 9.23. The van der Waals surface area contributed by atoms with Crippen LogP contribution in [0.15, 0.2) is 40.8 Å². The second-order valence-corrected chi connectivity index (χ2v) is 7.75. The zero-order valence-electron chi connectivity index (χ0n) is 15.9. The summed E-state index contributed by atoms with van der Waals surface area (Å²) < 4.78 is 6.82. The van der Waals surface area contributed by atoms with Gasteiger partial charge in [-0.3, -0.25) is 9.36 Å². The number of unbranched alkanes of at least 4 members (excludes halogenated alkanes) is 1. The number of carbonyl (C=O) groups excluding carboxylic acids is 1. The minimum Gasteiger partial charge on any atom is -0.462 e. The lowest BCUT2D eigenvalue weighted by Crippen LogP contribution is -2.22. The zero-order chi connectivity index (χ0) is 19.4. The number of carbonyl (C=O) groups is 1. The van der Waals surface area contributed by atoms with Crippen molar-refractivity contribution in [3.63, 3.8) is 0 Å². The van der Waals surface area contributed by atoms with Gasteiger partial charge in [-0.2, -0.15) is 0 Å². The molecule has 0 radical (unpaired) electrons. The van der Waals surface area contributed by atoms with Crippen molar-refractivity contribution in [3.05, 3.63) is 63.0 Å². The van der Waals surface area contributed by atoms with Crippen LogP contribution in [-0.2, 0) is 11.3 Å². The van der Waals surface area contributed by atoms with Gasteiger partial charge >= 0.3 is 5.97 Å². The van der Waals surface area contributed by atoms with Crippen LogP contribution in [0.4, 0.5) is 0 Å². The molecule has 0 atom stereocenters. The molecule has 0 saturated carbocycles. The number of benzene rings is 1. The van der Waals surface area contributed by atoms with E-state index in [2.05, 4.69) is 31.0 Å². The van der Waals surface area contributed by atoms with Crippen LogP contribution in [0, 0.1) is 0 Å². The van der Waals surface area contributed by atoms with Gasteiger partial charge in [-0.05, 0) is 23.5 Å². The molecule has 0 saturated heterocycles. The summed E-state index contributed by atoms with van der Waals surface area (Å²) in [6.07, 6.45) is 3.30. The molecule has 0 N–H and O–H groups in total. The van der Waals surface area contributed by atoms with E-state index in [-0.39, 0.29) is 5.56 Å². The molecule has 3 rings (SSSR count). The van der Waals surface area contributed by atoms with Crippen molar-refractivity contribution in [2.24, 2.45) is 0 Å². The van der Waals surface area contributed by atoms with E-state index in [0.717, 1.165) is 18.4 Å². The van der Waals surface area contributed by atoms with Gasteiger partial charge in [0.2, 0.25) is 0 Å². The van der Waals surface area contributed by atoms with Crippen molar-refractivity contribution in [1.29, 1.82) is 0 Å². The average Bonchev–Trinajstić information content (AvgIpc) is 3.09. The number of aromatic nitrogens is 2. The summed E-state index contributed by atoms with van der Waals surface area (Å²) in [4.78, 5) is 30.2. The molecule has 0 amide bonds. The molecule has 0 bridgehead atoms. The number of esters is 1. The summed E-state index contributed by atoms with van der Waals surface area (Å²) >= 11 is 1.29. The highest BCUT2D eigenvalue weighted by molar-refractivity contribution is 7.17. The van der Waals surface area contributed by atoms with Gasteiger partial charge in [-0.1, -0.05) is 51.5 Å². The van der Waals surface area contributed by atoms with Crippen LogP contribution in [0.25, 0.3) is 10.2 Å². The molecule has 2 aromatic heterocycles.